The average Bonchev–Trinajstić information content (AvgIpc) is 2.16. The Labute approximate surface area is 93.1 Å². The molecule has 0 spiro atoms. The van der Waals surface area contributed by atoms with Gasteiger partial charge in [-0.1, -0.05) is 13.8 Å². The lowest BCUT2D eigenvalue weighted by Crippen LogP contribution is -2.06. The number of benzene rings is 1. The van der Waals surface area contributed by atoms with E-state index in [1.54, 1.807) is 25.3 Å². The molecule has 0 aliphatic heterocycles. The zero-order valence-corrected chi connectivity index (χ0v) is 10.1. The van der Waals surface area contributed by atoms with Gasteiger partial charge in [-0.3, -0.25) is 4.21 Å². The molecule has 4 heteroatoms. The third-order valence-electron chi connectivity index (χ3n) is 1.92. The Morgan fingerprint density at radius 3 is 2.67 bits per heavy atom. The minimum absolute atomic E-state index is 0.396. The molecule has 1 unspecified atom stereocenters. The van der Waals surface area contributed by atoms with Gasteiger partial charge >= 0.3 is 0 Å². The van der Waals surface area contributed by atoms with Crippen LogP contribution in [0.3, 0.4) is 0 Å². The molecule has 0 radical (unpaired) electrons. The van der Waals surface area contributed by atoms with Crippen molar-refractivity contribution in [3.8, 4) is 5.75 Å². The van der Waals surface area contributed by atoms with Gasteiger partial charge in [0.25, 0.3) is 0 Å². The van der Waals surface area contributed by atoms with Crippen molar-refractivity contribution in [3.63, 3.8) is 0 Å². The second-order valence-electron chi connectivity index (χ2n) is 3.82. The van der Waals surface area contributed by atoms with Crippen LogP contribution < -0.4 is 10.5 Å². The monoisotopic (exact) mass is 227 g/mol. The maximum Gasteiger partial charge on any atom is 0.137 e. The molecule has 84 valence electrons. The maximum absolute atomic E-state index is 11.9. The number of nitrogen functional groups attached to an aromatic ring is 1. The van der Waals surface area contributed by atoms with Gasteiger partial charge < -0.3 is 10.5 Å². The molecule has 0 aliphatic carbocycles. The molecule has 0 fully saturated rings. The van der Waals surface area contributed by atoms with Crippen molar-refractivity contribution in [1.29, 1.82) is 0 Å². The topological polar surface area (TPSA) is 52.3 Å². The van der Waals surface area contributed by atoms with E-state index in [0.717, 1.165) is 4.90 Å². The number of ether oxygens (including phenoxy) is 1. The summed E-state index contributed by atoms with van der Waals surface area (Å²) in [7, 11) is 0.547. The fourth-order valence-corrected chi connectivity index (χ4v) is 2.64. The first-order chi connectivity index (χ1) is 7.04. The van der Waals surface area contributed by atoms with E-state index in [0.29, 0.717) is 23.1 Å². The predicted molar refractivity (Wildman–Crippen MR) is 63.5 cm³/mol. The van der Waals surface area contributed by atoms with E-state index in [1.807, 2.05) is 13.8 Å². The normalized spacial score (nSPS) is 12.8. The number of nitrogens with two attached hydrogens (primary N) is 1. The highest BCUT2D eigenvalue weighted by atomic mass is 32.2. The van der Waals surface area contributed by atoms with Gasteiger partial charge in [-0.25, -0.2) is 0 Å². The minimum atomic E-state index is -1.01. The van der Waals surface area contributed by atoms with Crippen molar-refractivity contribution in [2.75, 3.05) is 18.6 Å². The van der Waals surface area contributed by atoms with E-state index < -0.39 is 10.8 Å². The van der Waals surface area contributed by atoms with Crippen LogP contribution in [-0.4, -0.2) is 17.1 Å². The van der Waals surface area contributed by atoms with Crippen molar-refractivity contribution in [2.45, 2.75) is 18.7 Å². The van der Waals surface area contributed by atoms with Crippen molar-refractivity contribution in [2.24, 2.45) is 5.92 Å². The molecule has 0 aromatic heterocycles. The Balaban J connectivity index is 2.97. The molecule has 1 aromatic carbocycles. The molecule has 1 aromatic rings. The fraction of sp³-hybridized carbons (Fsp3) is 0.455. The van der Waals surface area contributed by atoms with Crippen molar-refractivity contribution in [3.05, 3.63) is 18.2 Å². The first-order valence-electron chi connectivity index (χ1n) is 4.86. The molecular formula is C11H17NO2S. The van der Waals surface area contributed by atoms with E-state index in [-0.39, 0.29) is 0 Å². The largest absolute Gasteiger partial charge is 0.495 e. The molecule has 0 saturated heterocycles. The van der Waals surface area contributed by atoms with Crippen LogP contribution in [0.25, 0.3) is 0 Å². The highest BCUT2D eigenvalue weighted by Crippen LogP contribution is 2.25. The number of rotatable bonds is 4. The first kappa shape index (κ1) is 12.0. The summed E-state index contributed by atoms with van der Waals surface area (Å²) in [5.74, 6) is 1.64. The van der Waals surface area contributed by atoms with Crippen LogP contribution in [0.15, 0.2) is 23.1 Å². The van der Waals surface area contributed by atoms with Crippen molar-refractivity contribution >= 4 is 16.5 Å². The lowest BCUT2D eigenvalue weighted by molar-refractivity contribution is 0.404. The summed E-state index contributed by atoms with van der Waals surface area (Å²) >= 11 is 0. The van der Waals surface area contributed by atoms with Gasteiger partial charge in [-0.15, -0.1) is 0 Å². The Bertz CT molecular complexity index is 364. The third-order valence-corrected chi connectivity index (χ3v) is 3.71. The zero-order chi connectivity index (χ0) is 11.4. The van der Waals surface area contributed by atoms with Crippen LogP contribution in [0.2, 0.25) is 0 Å². The zero-order valence-electron chi connectivity index (χ0n) is 9.32. The third kappa shape index (κ3) is 3.23. The molecule has 1 rings (SSSR count). The van der Waals surface area contributed by atoms with Gasteiger partial charge in [0.05, 0.1) is 22.8 Å². The summed E-state index contributed by atoms with van der Waals surface area (Å²) < 4.78 is 17.1. The summed E-state index contributed by atoms with van der Waals surface area (Å²) in [4.78, 5) is 0.723. The van der Waals surface area contributed by atoms with E-state index >= 15 is 0 Å². The summed E-state index contributed by atoms with van der Waals surface area (Å²) in [6.07, 6.45) is 0. The molecular weight excluding hydrogens is 210 g/mol. The predicted octanol–water partition coefficient (Wildman–Crippen LogP) is 2.04. The SMILES string of the molecule is COc1cc(N)ccc1S(=O)CC(C)C. The number of hydrogen-bond donors (Lipinski definition) is 1. The highest BCUT2D eigenvalue weighted by molar-refractivity contribution is 7.85. The molecule has 15 heavy (non-hydrogen) atoms. The summed E-state index contributed by atoms with van der Waals surface area (Å²) in [6, 6.07) is 5.22. The van der Waals surface area contributed by atoms with E-state index in [4.69, 9.17) is 10.5 Å². The van der Waals surface area contributed by atoms with Gasteiger partial charge in [-0.2, -0.15) is 0 Å². The molecule has 0 heterocycles. The Morgan fingerprint density at radius 2 is 2.13 bits per heavy atom. The van der Waals surface area contributed by atoms with Gasteiger partial charge in [0.15, 0.2) is 0 Å². The summed E-state index contributed by atoms with van der Waals surface area (Å²) in [5, 5.41) is 0. The van der Waals surface area contributed by atoms with Crippen molar-refractivity contribution in [1.82, 2.24) is 0 Å². The van der Waals surface area contributed by atoms with Crippen molar-refractivity contribution < 1.29 is 8.95 Å². The van der Waals surface area contributed by atoms with Crippen LogP contribution in [0.1, 0.15) is 13.8 Å². The van der Waals surface area contributed by atoms with Crippen LogP contribution >= 0.6 is 0 Å². The van der Waals surface area contributed by atoms with Gasteiger partial charge in [0, 0.05) is 17.5 Å². The van der Waals surface area contributed by atoms with Crippen LogP contribution in [0.4, 0.5) is 5.69 Å². The lowest BCUT2D eigenvalue weighted by atomic mass is 10.3. The highest BCUT2D eigenvalue weighted by Gasteiger charge is 2.12. The van der Waals surface area contributed by atoms with Gasteiger partial charge in [0.2, 0.25) is 0 Å². The number of methoxy groups -OCH3 is 1. The Hall–Kier alpha value is -1.03. The maximum atomic E-state index is 11.9. The summed E-state index contributed by atoms with van der Waals surface area (Å²) in [6.45, 7) is 4.09. The first-order valence-corrected chi connectivity index (χ1v) is 6.18. The molecule has 0 amide bonds. The second-order valence-corrected chi connectivity index (χ2v) is 5.28. The molecule has 1 atom stereocenters. The van der Waals surface area contributed by atoms with Crippen LogP contribution in [0.5, 0.6) is 5.75 Å². The molecule has 2 N–H and O–H groups in total. The minimum Gasteiger partial charge on any atom is -0.495 e. The van der Waals surface area contributed by atoms with Crippen LogP contribution in [0, 0.1) is 5.92 Å². The summed E-state index contributed by atoms with van der Waals surface area (Å²) in [5.41, 5.74) is 6.25. The van der Waals surface area contributed by atoms with Gasteiger partial charge in [0.1, 0.15) is 5.75 Å². The van der Waals surface area contributed by atoms with E-state index in [9.17, 15) is 4.21 Å². The standard InChI is InChI=1S/C11H17NO2S/c1-8(2)7-15(13)11-5-4-9(12)6-10(11)14-3/h4-6,8H,7,12H2,1-3H3. The van der Waals surface area contributed by atoms with Gasteiger partial charge in [-0.05, 0) is 18.1 Å². The Kier molecular flexibility index (Phi) is 4.15. The lowest BCUT2D eigenvalue weighted by Gasteiger charge is -2.10. The van der Waals surface area contributed by atoms with E-state index in [2.05, 4.69) is 0 Å². The number of hydrogen-bond acceptors (Lipinski definition) is 3. The van der Waals surface area contributed by atoms with E-state index in [1.165, 1.54) is 0 Å². The number of anilines is 1. The van der Waals surface area contributed by atoms with Crippen LogP contribution in [-0.2, 0) is 10.8 Å². The molecule has 0 bridgehead atoms. The fourth-order valence-electron chi connectivity index (χ4n) is 1.26. The smallest absolute Gasteiger partial charge is 0.137 e. The molecule has 0 saturated carbocycles. The Morgan fingerprint density at radius 1 is 1.47 bits per heavy atom. The second kappa shape index (κ2) is 5.16. The quantitative estimate of drug-likeness (QED) is 0.801. The average molecular weight is 227 g/mol. The molecule has 3 nitrogen and oxygen atoms in total. The molecule has 0 aliphatic rings.